The zero-order valence-corrected chi connectivity index (χ0v) is 19.2. The van der Waals surface area contributed by atoms with Gasteiger partial charge in [-0.15, -0.1) is 24.0 Å². The molecular weight excluding hydrogens is 485 g/mol. The number of furan rings is 1. The van der Waals surface area contributed by atoms with E-state index in [1.165, 1.54) is 14.2 Å². The molecule has 0 saturated carbocycles. The number of aliphatic imine (C=N–C) groups is 1. The number of para-hydroxylation sites is 1. The summed E-state index contributed by atoms with van der Waals surface area (Å²) >= 11 is 0. The van der Waals surface area contributed by atoms with Crippen LogP contribution >= 0.6 is 24.0 Å². The average Bonchev–Trinajstić information content (AvgIpc) is 3.16. The van der Waals surface area contributed by atoms with Crippen molar-refractivity contribution < 1.29 is 19.0 Å². The zero-order valence-electron chi connectivity index (χ0n) is 16.9. The highest BCUT2D eigenvalue weighted by Crippen LogP contribution is 2.37. The Kier molecular flexibility index (Phi) is 8.00. The van der Waals surface area contributed by atoms with Gasteiger partial charge >= 0.3 is 0 Å². The first-order valence-electron chi connectivity index (χ1n) is 8.95. The monoisotopic (exact) mass is 511 g/mol. The van der Waals surface area contributed by atoms with Gasteiger partial charge in [-0.3, -0.25) is 4.99 Å². The van der Waals surface area contributed by atoms with Gasteiger partial charge in [0.1, 0.15) is 11.3 Å². The lowest BCUT2D eigenvalue weighted by Gasteiger charge is -2.17. The molecule has 0 aliphatic heterocycles. The third-order valence-corrected chi connectivity index (χ3v) is 4.45. The Labute approximate surface area is 187 Å². The molecule has 29 heavy (non-hydrogen) atoms. The van der Waals surface area contributed by atoms with Gasteiger partial charge in [-0.25, -0.2) is 0 Å². The number of nitrogens with zero attached hydrogens (tertiary/aromatic N) is 1. The fourth-order valence-electron chi connectivity index (χ4n) is 2.92. The van der Waals surface area contributed by atoms with Crippen LogP contribution in [0.3, 0.4) is 0 Å². The SMILES string of the molecule is CN=C(NCc1cc(OC)c(O)c(OC)c1)NC(C)c1cc2ccccc2o1.I. The Hall–Kier alpha value is -2.62. The van der Waals surface area contributed by atoms with Crippen LogP contribution in [0.1, 0.15) is 24.3 Å². The van der Waals surface area contributed by atoms with Crippen molar-refractivity contribution in [1.82, 2.24) is 10.6 Å². The van der Waals surface area contributed by atoms with E-state index in [2.05, 4.69) is 15.6 Å². The highest BCUT2D eigenvalue weighted by atomic mass is 127. The van der Waals surface area contributed by atoms with Crippen LogP contribution in [-0.4, -0.2) is 32.3 Å². The fraction of sp³-hybridized carbons (Fsp3) is 0.286. The van der Waals surface area contributed by atoms with Crippen LogP contribution in [0.15, 0.2) is 51.9 Å². The molecule has 1 unspecified atom stereocenters. The molecule has 1 aromatic heterocycles. The maximum atomic E-state index is 10.0. The van der Waals surface area contributed by atoms with E-state index in [0.717, 1.165) is 22.3 Å². The van der Waals surface area contributed by atoms with Gasteiger partial charge in [0.2, 0.25) is 5.75 Å². The van der Waals surface area contributed by atoms with Crippen LogP contribution in [0.5, 0.6) is 17.2 Å². The second-order valence-corrected chi connectivity index (χ2v) is 6.33. The number of guanidine groups is 1. The van der Waals surface area contributed by atoms with Crippen molar-refractivity contribution in [1.29, 1.82) is 0 Å². The molecule has 156 valence electrons. The lowest BCUT2D eigenvalue weighted by atomic mass is 10.2. The van der Waals surface area contributed by atoms with Crippen molar-refractivity contribution >= 4 is 40.9 Å². The molecule has 0 bridgehead atoms. The summed E-state index contributed by atoms with van der Waals surface area (Å²) in [6, 6.07) is 13.4. The third-order valence-electron chi connectivity index (χ3n) is 4.45. The molecule has 0 aliphatic carbocycles. The number of benzene rings is 2. The molecule has 0 fully saturated rings. The summed E-state index contributed by atoms with van der Waals surface area (Å²) in [7, 11) is 4.71. The normalized spacial score (nSPS) is 12.2. The molecule has 0 radical (unpaired) electrons. The van der Waals surface area contributed by atoms with Gasteiger partial charge in [0.25, 0.3) is 0 Å². The molecule has 3 rings (SSSR count). The molecule has 8 heteroatoms. The van der Waals surface area contributed by atoms with E-state index in [-0.39, 0.29) is 35.8 Å². The van der Waals surface area contributed by atoms with Gasteiger partial charge < -0.3 is 29.6 Å². The lowest BCUT2D eigenvalue weighted by Crippen LogP contribution is -2.38. The van der Waals surface area contributed by atoms with Crippen molar-refractivity contribution in [3.8, 4) is 17.2 Å². The zero-order chi connectivity index (χ0) is 20.1. The van der Waals surface area contributed by atoms with Gasteiger partial charge in [-0.05, 0) is 36.8 Å². The smallest absolute Gasteiger partial charge is 0.200 e. The van der Waals surface area contributed by atoms with E-state index in [0.29, 0.717) is 24.0 Å². The first-order chi connectivity index (χ1) is 13.5. The van der Waals surface area contributed by atoms with Crippen LogP contribution in [0.2, 0.25) is 0 Å². The largest absolute Gasteiger partial charge is 0.502 e. The number of hydrogen-bond acceptors (Lipinski definition) is 5. The minimum absolute atomic E-state index is 0. The predicted octanol–water partition coefficient (Wildman–Crippen LogP) is 4.20. The van der Waals surface area contributed by atoms with Crippen LogP contribution in [0, 0.1) is 0 Å². The Morgan fingerprint density at radius 2 is 1.79 bits per heavy atom. The van der Waals surface area contributed by atoms with E-state index in [1.54, 1.807) is 19.2 Å². The van der Waals surface area contributed by atoms with Gasteiger partial charge in [-0.1, -0.05) is 18.2 Å². The Morgan fingerprint density at radius 1 is 1.14 bits per heavy atom. The molecule has 3 aromatic rings. The van der Waals surface area contributed by atoms with Crippen molar-refractivity contribution in [2.75, 3.05) is 21.3 Å². The summed E-state index contributed by atoms with van der Waals surface area (Å²) in [5.41, 5.74) is 1.74. The summed E-state index contributed by atoms with van der Waals surface area (Å²) in [4.78, 5) is 4.27. The number of hydrogen-bond donors (Lipinski definition) is 3. The van der Waals surface area contributed by atoms with E-state index < -0.39 is 0 Å². The number of aromatic hydroxyl groups is 1. The van der Waals surface area contributed by atoms with Crippen LogP contribution in [0.4, 0.5) is 0 Å². The highest BCUT2D eigenvalue weighted by Gasteiger charge is 2.14. The minimum Gasteiger partial charge on any atom is -0.502 e. The second kappa shape index (κ2) is 10.2. The quantitative estimate of drug-likeness (QED) is 0.261. The molecule has 0 amide bonds. The van der Waals surface area contributed by atoms with E-state index in [1.807, 2.05) is 37.3 Å². The van der Waals surface area contributed by atoms with Crippen LogP contribution in [0.25, 0.3) is 11.0 Å². The van der Waals surface area contributed by atoms with Crippen molar-refractivity contribution in [2.45, 2.75) is 19.5 Å². The van der Waals surface area contributed by atoms with Crippen molar-refractivity contribution in [2.24, 2.45) is 4.99 Å². The maximum Gasteiger partial charge on any atom is 0.200 e. The Balaban J connectivity index is 0.00000300. The number of fused-ring (bicyclic) bond motifs is 1. The van der Waals surface area contributed by atoms with Crippen molar-refractivity contribution in [3.05, 3.63) is 53.8 Å². The summed E-state index contributed by atoms with van der Waals surface area (Å²) < 4.78 is 16.3. The van der Waals surface area contributed by atoms with Gasteiger partial charge in [-0.2, -0.15) is 0 Å². The fourth-order valence-corrected chi connectivity index (χ4v) is 2.92. The number of nitrogens with one attached hydrogen (secondary N) is 2. The van der Waals surface area contributed by atoms with E-state index >= 15 is 0 Å². The van der Waals surface area contributed by atoms with Crippen LogP contribution < -0.4 is 20.1 Å². The minimum atomic E-state index is -0.0671. The van der Waals surface area contributed by atoms with Crippen LogP contribution in [-0.2, 0) is 6.54 Å². The summed E-state index contributed by atoms with van der Waals surface area (Å²) in [5, 5.41) is 17.7. The molecule has 3 N–H and O–H groups in total. The third kappa shape index (κ3) is 5.26. The number of rotatable bonds is 6. The number of halogens is 1. The molecule has 1 atom stereocenters. The summed E-state index contributed by atoms with van der Waals surface area (Å²) in [6.45, 7) is 2.48. The molecule has 0 spiro atoms. The number of phenolic OH excluding ortho intramolecular Hbond substituents is 1. The standard InChI is InChI=1S/C21H25N3O4.HI/c1-13(17-11-15-7-5-6-8-16(15)28-17)24-21(22-2)23-12-14-9-18(26-3)20(25)19(10-14)27-4;/h5-11,13,25H,12H2,1-4H3,(H2,22,23,24);1H. The Morgan fingerprint density at radius 3 is 2.38 bits per heavy atom. The molecule has 2 aromatic carbocycles. The number of phenols is 1. The molecule has 1 heterocycles. The Bertz CT molecular complexity index is 929. The maximum absolute atomic E-state index is 10.0. The molecule has 7 nitrogen and oxygen atoms in total. The second-order valence-electron chi connectivity index (χ2n) is 6.33. The molecule has 0 aliphatic rings. The van der Waals surface area contributed by atoms with Gasteiger partial charge in [0.15, 0.2) is 17.5 Å². The summed E-state index contributed by atoms with van der Waals surface area (Å²) in [6.07, 6.45) is 0. The predicted molar refractivity (Wildman–Crippen MR) is 125 cm³/mol. The van der Waals surface area contributed by atoms with E-state index in [4.69, 9.17) is 13.9 Å². The average molecular weight is 511 g/mol. The topological polar surface area (TPSA) is 88.3 Å². The van der Waals surface area contributed by atoms with Crippen molar-refractivity contribution in [3.63, 3.8) is 0 Å². The van der Waals surface area contributed by atoms with Gasteiger partial charge in [0, 0.05) is 19.0 Å². The first-order valence-corrected chi connectivity index (χ1v) is 8.95. The lowest BCUT2D eigenvalue weighted by molar-refractivity contribution is 0.339. The summed E-state index contributed by atoms with van der Waals surface area (Å²) in [5.74, 6) is 2.15. The molecular formula is C21H26IN3O4. The van der Waals surface area contributed by atoms with Gasteiger partial charge in [0.05, 0.1) is 20.3 Å². The number of ether oxygens (including phenoxy) is 2. The van der Waals surface area contributed by atoms with E-state index in [9.17, 15) is 5.11 Å². The molecule has 0 saturated heterocycles. The highest BCUT2D eigenvalue weighted by molar-refractivity contribution is 14.0. The number of methoxy groups -OCH3 is 2. The first kappa shape index (κ1) is 22.7.